The zero-order valence-electron chi connectivity index (χ0n) is 17.8. The lowest BCUT2D eigenvalue weighted by molar-refractivity contribution is -0.117. The first kappa shape index (κ1) is 21.4. The van der Waals surface area contributed by atoms with Gasteiger partial charge in [-0.3, -0.25) is 9.69 Å². The molecule has 5 heteroatoms. The molecule has 2 unspecified atom stereocenters. The summed E-state index contributed by atoms with van der Waals surface area (Å²) in [5.41, 5.74) is 3.44. The summed E-state index contributed by atoms with van der Waals surface area (Å²) in [6.07, 6.45) is 4.16. The summed E-state index contributed by atoms with van der Waals surface area (Å²) < 4.78 is 0. The van der Waals surface area contributed by atoms with Crippen LogP contribution in [-0.2, 0) is 16.6 Å². The number of halogens is 1. The van der Waals surface area contributed by atoms with E-state index in [2.05, 4.69) is 48.3 Å². The van der Waals surface area contributed by atoms with Gasteiger partial charge in [-0.1, -0.05) is 68.3 Å². The lowest BCUT2D eigenvalue weighted by Gasteiger charge is -2.38. The maximum Gasteiger partial charge on any atom is 0.225 e. The van der Waals surface area contributed by atoms with Gasteiger partial charge in [0.15, 0.2) is 0 Å². The second kappa shape index (κ2) is 8.70. The predicted molar refractivity (Wildman–Crippen MR) is 122 cm³/mol. The van der Waals surface area contributed by atoms with E-state index in [0.717, 1.165) is 31.4 Å². The summed E-state index contributed by atoms with van der Waals surface area (Å²) in [5.74, 6) is -0.0249. The number of β-amino-alcohol motifs (C(OH)–C–C–N with tert-alkyl or cyclic N) is 1. The Kier molecular flexibility index (Phi) is 6.19. The molecule has 30 heavy (non-hydrogen) atoms. The summed E-state index contributed by atoms with van der Waals surface area (Å²) in [6.45, 7) is 5.62. The number of nitrogens with one attached hydrogen (secondary N) is 1. The van der Waals surface area contributed by atoms with Crippen molar-refractivity contribution in [2.45, 2.75) is 63.5 Å². The van der Waals surface area contributed by atoms with Crippen LogP contribution in [0.4, 0.5) is 5.69 Å². The number of anilines is 1. The van der Waals surface area contributed by atoms with Crippen LogP contribution < -0.4 is 5.32 Å². The van der Waals surface area contributed by atoms with E-state index < -0.39 is 6.10 Å². The van der Waals surface area contributed by atoms with Gasteiger partial charge >= 0.3 is 0 Å². The fourth-order valence-electron chi connectivity index (χ4n) is 5.03. The first-order chi connectivity index (χ1) is 14.3. The molecular formula is C25H31ClN2O2. The van der Waals surface area contributed by atoms with Gasteiger partial charge in [-0.25, -0.2) is 0 Å². The molecule has 0 aliphatic carbocycles. The Bertz CT molecular complexity index is 913. The van der Waals surface area contributed by atoms with Crippen molar-refractivity contribution >= 4 is 23.2 Å². The molecule has 4 nitrogen and oxygen atoms in total. The molecule has 2 aromatic carbocycles. The number of benzene rings is 2. The standard InChI is InChI=1S/C25H31ClN2O2/c1-25(2)15-22(30)27-24-19(25)11-12-20(26)23(24)21(29)16-28-13-7-6-10-18(28)14-17-8-4-3-5-9-17/h3-5,8-9,11-12,18,21,29H,6-7,10,13-16H2,1-2H3,(H,27,30). The number of fused-ring (bicyclic) bond motifs is 1. The van der Waals surface area contributed by atoms with Crippen LogP contribution in [0.15, 0.2) is 42.5 Å². The highest BCUT2D eigenvalue weighted by atomic mass is 35.5. The van der Waals surface area contributed by atoms with Gasteiger partial charge in [0.25, 0.3) is 0 Å². The molecule has 1 fully saturated rings. The second-order valence-electron chi connectivity index (χ2n) is 9.34. The molecule has 4 rings (SSSR count). The average molecular weight is 427 g/mol. The van der Waals surface area contributed by atoms with Crippen molar-refractivity contribution in [1.29, 1.82) is 0 Å². The van der Waals surface area contributed by atoms with Crippen LogP contribution in [0.2, 0.25) is 5.02 Å². The fourth-order valence-corrected chi connectivity index (χ4v) is 5.31. The minimum Gasteiger partial charge on any atom is -0.387 e. The second-order valence-corrected chi connectivity index (χ2v) is 9.75. The van der Waals surface area contributed by atoms with Crippen LogP contribution in [0.5, 0.6) is 0 Å². The van der Waals surface area contributed by atoms with E-state index in [1.54, 1.807) is 0 Å². The van der Waals surface area contributed by atoms with Gasteiger partial charge in [-0.05, 0) is 43.0 Å². The molecule has 160 valence electrons. The van der Waals surface area contributed by atoms with Crippen molar-refractivity contribution in [2.24, 2.45) is 0 Å². The highest BCUT2D eigenvalue weighted by Crippen LogP contribution is 2.43. The molecule has 0 bridgehead atoms. The SMILES string of the molecule is CC1(C)CC(=O)Nc2c1ccc(Cl)c2C(O)CN1CCCCC1Cc1ccccc1. The molecule has 0 spiro atoms. The Morgan fingerprint density at radius 2 is 1.97 bits per heavy atom. The van der Waals surface area contributed by atoms with Crippen LogP contribution in [0, 0.1) is 0 Å². The molecule has 2 N–H and O–H groups in total. The smallest absolute Gasteiger partial charge is 0.225 e. The lowest BCUT2D eigenvalue weighted by atomic mass is 9.76. The molecule has 0 saturated carbocycles. The molecule has 1 saturated heterocycles. The van der Waals surface area contributed by atoms with Crippen LogP contribution in [0.3, 0.4) is 0 Å². The van der Waals surface area contributed by atoms with Gasteiger partial charge in [0.1, 0.15) is 0 Å². The Balaban J connectivity index is 1.58. The van der Waals surface area contributed by atoms with E-state index in [-0.39, 0.29) is 11.3 Å². The third-order valence-corrected chi connectivity index (χ3v) is 6.92. The number of hydrogen-bond acceptors (Lipinski definition) is 3. The number of carbonyl (C=O) groups excluding carboxylic acids is 1. The Hall–Kier alpha value is -1.88. The number of piperidine rings is 1. The zero-order chi connectivity index (χ0) is 21.3. The molecule has 2 heterocycles. The van der Waals surface area contributed by atoms with E-state index in [1.165, 1.54) is 12.0 Å². The molecule has 0 radical (unpaired) electrons. The molecule has 1 amide bonds. The van der Waals surface area contributed by atoms with Crippen molar-refractivity contribution in [3.05, 3.63) is 64.2 Å². The number of nitrogens with zero attached hydrogens (tertiary/aromatic N) is 1. The number of carbonyl (C=O) groups is 1. The Morgan fingerprint density at radius 1 is 1.20 bits per heavy atom. The van der Waals surface area contributed by atoms with Crippen molar-refractivity contribution < 1.29 is 9.90 Å². The van der Waals surface area contributed by atoms with E-state index in [0.29, 0.717) is 35.3 Å². The van der Waals surface area contributed by atoms with Gasteiger partial charge in [0.05, 0.1) is 11.8 Å². The van der Waals surface area contributed by atoms with Crippen molar-refractivity contribution in [1.82, 2.24) is 4.90 Å². The van der Waals surface area contributed by atoms with Crippen molar-refractivity contribution in [2.75, 3.05) is 18.4 Å². The summed E-state index contributed by atoms with van der Waals surface area (Å²) >= 11 is 6.55. The van der Waals surface area contributed by atoms with Crippen LogP contribution in [-0.4, -0.2) is 35.0 Å². The molecule has 2 aliphatic rings. The summed E-state index contributed by atoms with van der Waals surface area (Å²) in [6, 6.07) is 14.8. The van der Waals surface area contributed by atoms with Gasteiger partial charge in [-0.15, -0.1) is 0 Å². The van der Waals surface area contributed by atoms with Crippen molar-refractivity contribution in [3.8, 4) is 0 Å². The predicted octanol–water partition coefficient (Wildman–Crippen LogP) is 5.09. The van der Waals surface area contributed by atoms with Crippen molar-refractivity contribution in [3.63, 3.8) is 0 Å². The molecule has 2 atom stereocenters. The average Bonchev–Trinajstić information content (AvgIpc) is 2.69. The van der Waals surface area contributed by atoms with Gasteiger partial charge < -0.3 is 10.4 Å². The summed E-state index contributed by atoms with van der Waals surface area (Å²) in [4.78, 5) is 14.7. The number of rotatable bonds is 5. The molecule has 2 aliphatic heterocycles. The quantitative estimate of drug-likeness (QED) is 0.700. The largest absolute Gasteiger partial charge is 0.387 e. The van der Waals surface area contributed by atoms with Gasteiger partial charge in [0, 0.05) is 35.0 Å². The topological polar surface area (TPSA) is 52.6 Å². The number of aliphatic hydroxyl groups excluding tert-OH is 1. The fraction of sp³-hybridized carbons (Fsp3) is 0.480. The number of aliphatic hydroxyl groups is 1. The zero-order valence-corrected chi connectivity index (χ0v) is 18.6. The Morgan fingerprint density at radius 3 is 2.73 bits per heavy atom. The monoisotopic (exact) mass is 426 g/mol. The van der Waals surface area contributed by atoms with Crippen LogP contribution in [0.25, 0.3) is 0 Å². The minimum absolute atomic E-state index is 0.0249. The van der Waals surface area contributed by atoms with E-state index >= 15 is 0 Å². The van der Waals surface area contributed by atoms with E-state index in [4.69, 9.17) is 11.6 Å². The van der Waals surface area contributed by atoms with Gasteiger partial charge in [0.2, 0.25) is 5.91 Å². The number of amides is 1. The Labute approximate surface area is 184 Å². The highest BCUT2D eigenvalue weighted by molar-refractivity contribution is 6.32. The molecular weight excluding hydrogens is 396 g/mol. The third-order valence-electron chi connectivity index (χ3n) is 6.59. The molecule has 0 aromatic heterocycles. The maximum atomic E-state index is 12.3. The number of hydrogen-bond donors (Lipinski definition) is 2. The lowest BCUT2D eigenvalue weighted by Crippen LogP contribution is -2.43. The summed E-state index contributed by atoms with van der Waals surface area (Å²) in [5, 5.41) is 14.8. The minimum atomic E-state index is -0.752. The first-order valence-corrected chi connectivity index (χ1v) is 11.3. The van der Waals surface area contributed by atoms with E-state index in [9.17, 15) is 9.90 Å². The first-order valence-electron chi connectivity index (χ1n) is 10.9. The third kappa shape index (κ3) is 4.41. The number of likely N-dealkylation sites (tertiary alicyclic amines) is 1. The van der Waals surface area contributed by atoms with Crippen LogP contribution >= 0.6 is 11.6 Å². The van der Waals surface area contributed by atoms with Crippen LogP contribution in [0.1, 0.15) is 62.3 Å². The summed E-state index contributed by atoms with van der Waals surface area (Å²) in [7, 11) is 0. The highest BCUT2D eigenvalue weighted by Gasteiger charge is 2.36. The normalized spacial score (nSPS) is 22.3. The molecule has 2 aromatic rings. The van der Waals surface area contributed by atoms with Gasteiger partial charge in [-0.2, -0.15) is 0 Å². The van der Waals surface area contributed by atoms with E-state index in [1.807, 2.05) is 18.2 Å². The maximum absolute atomic E-state index is 12.3.